The molecule has 34 heavy (non-hydrogen) atoms. The van der Waals surface area contributed by atoms with Crippen molar-refractivity contribution < 1.29 is 27.5 Å². The Kier molecular flexibility index (Phi) is 5.99. The van der Waals surface area contributed by atoms with E-state index >= 15 is 0 Å². The van der Waals surface area contributed by atoms with Gasteiger partial charge in [0.25, 0.3) is 5.91 Å². The van der Waals surface area contributed by atoms with E-state index < -0.39 is 29.6 Å². The molecule has 0 radical (unpaired) electrons. The molecule has 1 fully saturated rings. The summed E-state index contributed by atoms with van der Waals surface area (Å²) in [5.74, 6) is -0.942. The van der Waals surface area contributed by atoms with Crippen molar-refractivity contribution >= 4 is 29.2 Å². The van der Waals surface area contributed by atoms with E-state index in [1.54, 1.807) is 44.3 Å². The van der Waals surface area contributed by atoms with Crippen LogP contribution in [0.4, 0.5) is 23.7 Å². The molecule has 3 aromatic rings. The molecular formula is C24H19ClF3N3O3. The van der Waals surface area contributed by atoms with Crippen molar-refractivity contribution in [1.29, 1.82) is 0 Å². The number of carbonyl (C=O) groups is 2. The van der Waals surface area contributed by atoms with Crippen LogP contribution in [0.1, 0.15) is 19.4 Å². The number of nitrogens with zero attached hydrogens (tertiary/aromatic N) is 3. The summed E-state index contributed by atoms with van der Waals surface area (Å²) in [4.78, 5) is 33.1. The number of benzene rings is 2. The maximum Gasteiger partial charge on any atom is 0.573 e. The van der Waals surface area contributed by atoms with Crippen LogP contribution in [0.5, 0.6) is 5.75 Å². The lowest BCUT2D eigenvalue weighted by atomic mass is 10.0. The number of aromatic nitrogens is 1. The Morgan fingerprint density at radius 1 is 1.03 bits per heavy atom. The fourth-order valence-electron chi connectivity index (χ4n) is 3.69. The van der Waals surface area contributed by atoms with Crippen LogP contribution in [-0.2, 0) is 11.3 Å². The molecule has 2 aromatic carbocycles. The topological polar surface area (TPSA) is 62.7 Å². The van der Waals surface area contributed by atoms with E-state index in [1.807, 2.05) is 12.1 Å². The number of alkyl halides is 3. The molecule has 0 bridgehead atoms. The number of halogens is 4. The van der Waals surface area contributed by atoms with Gasteiger partial charge < -0.3 is 9.64 Å². The zero-order valence-corrected chi connectivity index (χ0v) is 18.9. The molecule has 6 nitrogen and oxygen atoms in total. The molecule has 1 aromatic heterocycles. The van der Waals surface area contributed by atoms with Gasteiger partial charge in [0.2, 0.25) is 0 Å². The highest BCUT2D eigenvalue weighted by atomic mass is 35.5. The maximum absolute atomic E-state index is 13.2. The first-order valence-electron chi connectivity index (χ1n) is 10.2. The average molecular weight is 490 g/mol. The van der Waals surface area contributed by atoms with Crippen molar-refractivity contribution in [2.45, 2.75) is 32.3 Å². The first kappa shape index (κ1) is 23.6. The van der Waals surface area contributed by atoms with Crippen LogP contribution in [0, 0.1) is 0 Å². The van der Waals surface area contributed by atoms with E-state index in [1.165, 1.54) is 17.0 Å². The van der Waals surface area contributed by atoms with Gasteiger partial charge >= 0.3 is 12.4 Å². The third-order valence-corrected chi connectivity index (χ3v) is 5.67. The molecule has 1 saturated heterocycles. The molecule has 0 spiro atoms. The molecule has 0 unspecified atom stereocenters. The van der Waals surface area contributed by atoms with Crippen LogP contribution in [0.15, 0.2) is 66.9 Å². The second-order valence-electron chi connectivity index (χ2n) is 8.17. The Bertz CT molecular complexity index is 1250. The number of pyridine rings is 1. The molecule has 0 atom stereocenters. The molecule has 10 heteroatoms. The van der Waals surface area contributed by atoms with Gasteiger partial charge in [0.15, 0.2) is 0 Å². The quantitative estimate of drug-likeness (QED) is 0.409. The van der Waals surface area contributed by atoms with Gasteiger partial charge in [0.05, 0.1) is 11.4 Å². The third kappa shape index (κ3) is 4.70. The Labute approximate surface area is 198 Å². The molecule has 176 valence electrons. The largest absolute Gasteiger partial charge is 0.573 e. The van der Waals surface area contributed by atoms with Crippen molar-refractivity contribution in [1.82, 2.24) is 9.88 Å². The van der Waals surface area contributed by atoms with Crippen molar-refractivity contribution in [3.05, 3.63) is 77.4 Å². The average Bonchev–Trinajstić information content (AvgIpc) is 2.93. The summed E-state index contributed by atoms with van der Waals surface area (Å²) in [6.45, 7) is 3.36. The molecule has 2 heterocycles. The van der Waals surface area contributed by atoms with Crippen LogP contribution in [0.3, 0.4) is 0 Å². The van der Waals surface area contributed by atoms with E-state index in [4.69, 9.17) is 11.6 Å². The zero-order valence-electron chi connectivity index (χ0n) is 18.1. The lowest BCUT2D eigenvalue weighted by Crippen LogP contribution is -2.43. The Morgan fingerprint density at radius 2 is 1.74 bits per heavy atom. The number of rotatable bonds is 5. The fourth-order valence-corrected chi connectivity index (χ4v) is 3.88. The van der Waals surface area contributed by atoms with Crippen molar-refractivity contribution in [2.75, 3.05) is 4.90 Å². The van der Waals surface area contributed by atoms with Gasteiger partial charge in [0.1, 0.15) is 11.3 Å². The highest BCUT2D eigenvalue weighted by Crippen LogP contribution is 2.35. The lowest BCUT2D eigenvalue weighted by Gasteiger charge is -2.27. The van der Waals surface area contributed by atoms with Gasteiger partial charge in [-0.05, 0) is 67.9 Å². The number of urea groups is 1. The summed E-state index contributed by atoms with van der Waals surface area (Å²) >= 11 is 6.07. The molecule has 1 aliphatic heterocycles. The summed E-state index contributed by atoms with van der Waals surface area (Å²) in [7, 11) is 0. The summed E-state index contributed by atoms with van der Waals surface area (Å²) < 4.78 is 41.1. The minimum Gasteiger partial charge on any atom is -0.406 e. The van der Waals surface area contributed by atoms with Gasteiger partial charge in [-0.15, -0.1) is 13.2 Å². The number of anilines is 1. The summed E-state index contributed by atoms with van der Waals surface area (Å²) in [6, 6.07) is 14.7. The predicted molar refractivity (Wildman–Crippen MR) is 120 cm³/mol. The molecule has 0 N–H and O–H groups in total. The maximum atomic E-state index is 13.2. The van der Waals surface area contributed by atoms with Crippen LogP contribution in [-0.4, -0.2) is 33.7 Å². The van der Waals surface area contributed by atoms with Crippen molar-refractivity contribution in [3.8, 4) is 17.0 Å². The summed E-state index contributed by atoms with van der Waals surface area (Å²) in [5.41, 5.74) is 1.18. The van der Waals surface area contributed by atoms with Gasteiger partial charge in [0, 0.05) is 23.3 Å². The standard InChI is InChI=1S/C24H19ClF3N3O3/c1-23(2)21(32)31(18-6-8-19(9-7-18)34-24(26,27)28)22(33)30(23)14-15-10-11-29-20(12-15)16-4-3-5-17(25)13-16/h3-13H,14H2,1-2H3. The molecule has 4 rings (SSSR count). The van der Waals surface area contributed by atoms with Gasteiger partial charge in [-0.2, -0.15) is 0 Å². The normalized spacial score (nSPS) is 15.7. The van der Waals surface area contributed by atoms with Gasteiger partial charge in [-0.3, -0.25) is 9.78 Å². The molecule has 3 amide bonds. The smallest absolute Gasteiger partial charge is 0.406 e. The van der Waals surface area contributed by atoms with Crippen molar-refractivity contribution in [3.63, 3.8) is 0 Å². The minimum absolute atomic E-state index is 0.124. The Balaban J connectivity index is 1.59. The second-order valence-corrected chi connectivity index (χ2v) is 8.61. The van der Waals surface area contributed by atoms with Crippen LogP contribution in [0.25, 0.3) is 11.3 Å². The van der Waals surface area contributed by atoms with Gasteiger partial charge in [-0.1, -0.05) is 23.7 Å². The predicted octanol–water partition coefficient (Wildman–Crippen LogP) is 6.05. The monoisotopic (exact) mass is 489 g/mol. The number of imide groups is 1. The Hall–Kier alpha value is -3.59. The number of hydrogen-bond donors (Lipinski definition) is 0. The first-order chi connectivity index (χ1) is 16.0. The van der Waals surface area contributed by atoms with E-state index in [2.05, 4.69) is 9.72 Å². The van der Waals surface area contributed by atoms with Gasteiger partial charge in [-0.25, -0.2) is 9.69 Å². The van der Waals surface area contributed by atoms with Crippen molar-refractivity contribution in [2.24, 2.45) is 0 Å². The third-order valence-electron chi connectivity index (χ3n) is 5.44. The minimum atomic E-state index is -4.84. The van der Waals surface area contributed by atoms with Crippen LogP contribution < -0.4 is 9.64 Å². The molecule has 1 aliphatic rings. The van der Waals surface area contributed by atoms with E-state index in [9.17, 15) is 22.8 Å². The highest BCUT2D eigenvalue weighted by molar-refractivity contribution is 6.30. The van der Waals surface area contributed by atoms with Crippen LogP contribution in [0.2, 0.25) is 5.02 Å². The SMILES string of the molecule is CC1(C)C(=O)N(c2ccc(OC(F)(F)F)cc2)C(=O)N1Cc1ccnc(-c2cccc(Cl)c2)c1. The van der Waals surface area contributed by atoms with E-state index in [0.29, 0.717) is 10.7 Å². The summed E-state index contributed by atoms with van der Waals surface area (Å²) in [6.07, 6.45) is -3.23. The summed E-state index contributed by atoms with van der Waals surface area (Å²) in [5, 5.41) is 0.563. The van der Waals surface area contributed by atoms with E-state index in [0.717, 1.165) is 28.2 Å². The number of carbonyl (C=O) groups excluding carboxylic acids is 2. The second kappa shape index (κ2) is 8.64. The first-order valence-corrected chi connectivity index (χ1v) is 10.6. The number of amides is 3. The zero-order chi connectivity index (χ0) is 24.7. The molecule has 0 saturated carbocycles. The van der Waals surface area contributed by atoms with Crippen LogP contribution >= 0.6 is 11.6 Å². The highest BCUT2D eigenvalue weighted by Gasteiger charge is 2.51. The number of ether oxygens (including phenoxy) is 1. The van der Waals surface area contributed by atoms with E-state index in [-0.39, 0.29) is 12.2 Å². The Morgan fingerprint density at radius 3 is 2.38 bits per heavy atom. The number of hydrogen-bond acceptors (Lipinski definition) is 4. The lowest BCUT2D eigenvalue weighted by molar-refractivity contribution is -0.274. The molecule has 0 aliphatic carbocycles. The fraction of sp³-hybridized carbons (Fsp3) is 0.208. The molecular weight excluding hydrogens is 471 g/mol.